The molecule has 0 fully saturated rings. The highest BCUT2D eigenvalue weighted by Gasteiger charge is 2.27. The van der Waals surface area contributed by atoms with E-state index < -0.39 is 0 Å². The molecule has 3 heteroatoms. The molecule has 1 aromatic rings. The topological polar surface area (TPSA) is 38.5 Å². The summed E-state index contributed by atoms with van der Waals surface area (Å²) in [6, 6.07) is 8.26. The van der Waals surface area contributed by atoms with Crippen LogP contribution in [0.4, 0.5) is 0 Å². The Labute approximate surface area is 124 Å². The van der Waals surface area contributed by atoms with Crippen LogP contribution in [0.5, 0.6) is 5.75 Å². The van der Waals surface area contributed by atoms with E-state index in [0.717, 1.165) is 18.7 Å². The lowest BCUT2D eigenvalue weighted by Gasteiger charge is -2.38. The molecule has 1 aromatic carbocycles. The van der Waals surface area contributed by atoms with E-state index in [9.17, 15) is 0 Å². The molecule has 1 rings (SSSR count). The van der Waals surface area contributed by atoms with Gasteiger partial charge >= 0.3 is 0 Å². The van der Waals surface area contributed by atoms with Crippen molar-refractivity contribution >= 4 is 0 Å². The van der Waals surface area contributed by atoms with Gasteiger partial charge in [-0.1, -0.05) is 38.3 Å². The average molecular weight is 278 g/mol. The number of nitrogens with two attached hydrogens (primary N) is 1. The molecule has 1 atom stereocenters. The van der Waals surface area contributed by atoms with E-state index in [-0.39, 0.29) is 5.54 Å². The van der Waals surface area contributed by atoms with Crippen LogP contribution in [-0.4, -0.2) is 31.1 Å². The molecular weight excluding hydrogens is 248 g/mol. The average Bonchev–Trinajstić information content (AvgIpc) is 2.47. The molecule has 0 radical (unpaired) electrons. The molecule has 0 aliphatic rings. The number of likely N-dealkylation sites (N-methyl/N-ethyl adjacent to an activating group) is 1. The van der Waals surface area contributed by atoms with Crippen LogP contribution in [0.1, 0.15) is 45.1 Å². The van der Waals surface area contributed by atoms with Crippen molar-refractivity contribution in [2.24, 2.45) is 5.73 Å². The second-order valence-electron chi connectivity index (χ2n) is 5.87. The molecule has 0 spiro atoms. The minimum atomic E-state index is 0.0677. The van der Waals surface area contributed by atoms with Crippen molar-refractivity contribution in [3.63, 3.8) is 0 Å². The Bertz CT molecular complexity index is 394. The van der Waals surface area contributed by atoms with E-state index in [4.69, 9.17) is 10.5 Å². The van der Waals surface area contributed by atoms with Crippen molar-refractivity contribution in [1.82, 2.24) is 4.90 Å². The van der Waals surface area contributed by atoms with Crippen LogP contribution in [0.2, 0.25) is 0 Å². The number of nitrogens with zero attached hydrogens (tertiary/aromatic N) is 1. The van der Waals surface area contributed by atoms with Gasteiger partial charge in [-0.25, -0.2) is 0 Å². The number of hydrogen-bond donors (Lipinski definition) is 1. The second kappa shape index (κ2) is 8.28. The lowest BCUT2D eigenvalue weighted by molar-refractivity contribution is 0.122. The highest BCUT2D eigenvalue weighted by atomic mass is 16.5. The summed E-state index contributed by atoms with van der Waals surface area (Å²) in [7, 11) is 3.87. The van der Waals surface area contributed by atoms with E-state index in [1.165, 1.54) is 24.8 Å². The monoisotopic (exact) mass is 278 g/mol. The normalized spacial score (nSPS) is 14.3. The molecule has 0 amide bonds. The van der Waals surface area contributed by atoms with Crippen molar-refractivity contribution in [1.29, 1.82) is 0 Å². The van der Waals surface area contributed by atoms with Crippen LogP contribution in [0, 0.1) is 0 Å². The van der Waals surface area contributed by atoms with Gasteiger partial charge in [0.2, 0.25) is 0 Å². The minimum Gasteiger partial charge on any atom is -0.497 e. The zero-order valence-electron chi connectivity index (χ0n) is 13.5. The minimum absolute atomic E-state index is 0.0677. The van der Waals surface area contributed by atoms with Crippen LogP contribution < -0.4 is 10.5 Å². The fourth-order valence-electron chi connectivity index (χ4n) is 2.44. The standard InChI is InChI=1S/C17H30N2O/c1-5-6-7-11-17(2,14-18)19(3)13-15-9-8-10-16(12-15)20-4/h8-10,12H,5-7,11,13-14,18H2,1-4H3. The molecule has 0 saturated carbocycles. The van der Waals surface area contributed by atoms with Crippen molar-refractivity contribution < 1.29 is 4.74 Å². The summed E-state index contributed by atoms with van der Waals surface area (Å²) >= 11 is 0. The zero-order chi connectivity index (χ0) is 15.0. The first-order valence-corrected chi connectivity index (χ1v) is 7.60. The Morgan fingerprint density at radius 2 is 2.05 bits per heavy atom. The van der Waals surface area contributed by atoms with Gasteiger partial charge in [-0.15, -0.1) is 0 Å². The van der Waals surface area contributed by atoms with Crippen LogP contribution >= 0.6 is 0 Å². The molecule has 1 unspecified atom stereocenters. The Hall–Kier alpha value is -1.06. The maximum atomic E-state index is 6.03. The Morgan fingerprint density at radius 3 is 2.65 bits per heavy atom. The van der Waals surface area contributed by atoms with Crippen molar-refractivity contribution in [2.45, 2.75) is 51.6 Å². The summed E-state index contributed by atoms with van der Waals surface area (Å²) in [6.45, 7) is 6.09. The van der Waals surface area contributed by atoms with Gasteiger partial charge < -0.3 is 10.5 Å². The Kier molecular flexibility index (Phi) is 7.03. The first kappa shape index (κ1) is 17.0. The lowest BCUT2D eigenvalue weighted by Crippen LogP contribution is -2.49. The van der Waals surface area contributed by atoms with Crippen LogP contribution in [0.15, 0.2) is 24.3 Å². The lowest BCUT2D eigenvalue weighted by atomic mass is 9.92. The predicted molar refractivity (Wildman–Crippen MR) is 86.1 cm³/mol. The number of ether oxygens (including phenoxy) is 1. The summed E-state index contributed by atoms with van der Waals surface area (Å²) in [5.41, 5.74) is 7.37. The van der Waals surface area contributed by atoms with E-state index in [2.05, 4.69) is 37.9 Å². The summed E-state index contributed by atoms with van der Waals surface area (Å²) < 4.78 is 5.28. The highest BCUT2D eigenvalue weighted by molar-refractivity contribution is 5.28. The molecule has 0 bridgehead atoms. The summed E-state index contributed by atoms with van der Waals surface area (Å²) in [4.78, 5) is 2.37. The SMILES string of the molecule is CCCCCC(C)(CN)N(C)Cc1cccc(OC)c1. The fraction of sp³-hybridized carbons (Fsp3) is 0.647. The molecule has 0 heterocycles. The Morgan fingerprint density at radius 1 is 1.30 bits per heavy atom. The van der Waals surface area contributed by atoms with Gasteiger partial charge in [0.1, 0.15) is 5.75 Å². The molecule has 2 N–H and O–H groups in total. The smallest absolute Gasteiger partial charge is 0.119 e. The molecule has 114 valence electrons. The second-order valence-corrected chi connectivity index (χ2v) is 5.87. The Balaban J connectivity index is 2.67. The van der Waals surface area contributed by atoms with E-state index in [0.29, 0.717) is 6.54 Å². The summed E-state index contributed by atoms with van der Waals surface area (Å²) in [5, 5.41) is 0. The van der Waals surface area contributed by atoms with Gasteiger partial charge in [-0.3, -0.25) is 4.90 Å². The molecule has 20 heavy (non-hydrogen) atoms. The van der Waals surface area contributed by atoms with E-state index in [1.54, 1.807) is 7.11 Å². The number of unbranched alkanes of at least 4 members (excludes halogenated alkanes) is 2. The molecule has 3 nitrogen and oxygen atoms in total. The van der Waals surface area contributed by atoms with Crippen LogP contribution in [-0.2, 0) is 6.54 Å². The maximum Gasteiger partial charge on any atom is 0.119 e. The van der Waals surface area contributed by atoms with Crippen molar-refractivity contribution in [3.8, 4) is 5.75 Å². The maximum absolute atomic E-state index is 6.03. The van der Waals surface area contributed by atoms with Gasteiger partial charge in [0.05, 0.1) is 7.11 Å². The molecule has 0 aliphatic heterocycles. The first-order chi connectivity index (χ1) is 9.55. The first-order valence-electron chi connectivity index (χ1n) is 7.60. The van der Waals surface area contributed by atoms with Crippen molar-refractivity contribution in [2.75, 3.05) is 20.7 Å². The number of rotatable bonds is 9. The number of hydrogen-bond acceptors (Lipinski definition) is 3. The van der Waals surface area contributed by atoms with Gasteiger partial charge in [0, 0.05) is 18.6 Å². The van der Waals surface area contributed by atoms with Gasteiger partial charge in [-0.05, 0) is 38.1 Å². The largest absolute Gasteiger partial charge is 0.497 e. The molecule has 0 aromatic heterocycles. The van der Waals surface area contributed by atoms with Gasteiger partial charge in [0.15, 0.2) is 0 Å². The quantitative estimate of drug-likeness (QED) is 0.703. The third-order valence-corrected chi connectivity index (χ3v) is 4.23. The van der Waals surface area contributed by atoms with Crippen LogP contribution in [0.3, 0.4) is 0 Å². The van der Waals surface area contributed by atoms with E-state index >= 15 is 0 Å². The summed E-state index contributed by atoms with van der Waals surface area (Å²) in [6.07, 6.45) is 4.92. The molecule has 0 aliphatic carbocycles. The molecule has 0 saturated heterocycles. The zero-order valence-corrected chi connectivity index (χ0v) is 13.5. The van der Waals surface area contributed by atoms with Gasteiger partial charge in [0.25, 0.3) is 0 Å². The van der Waals surface area contributed by atoms with Crippen LogP contribution in [0.25, 0.3) is 0 Å². The third-order valence-electron chi connectivity index (χ3n) is 4.23. The fourth-order valence-corrected chi connectivity index (χ4v) is 2.44. The van der Waals surface area contributed by atoms with Gasteiger partial charge in [-0.2, -0.15) is 0 Å². The van der Waals surface area contributed by atoms with E-state index in [1.807, 2.05) is 12.1 Å². The number of benzene rings is 1. The summed E-state index contributed by atoms with van der Waals surface area (Å²) in [5.74, 6) is 0.913. The van der Waals surface area contributed by atoms with Crippen molar-refractivity contribution in [3.05, 3.63) is 29.8 Å². The molecular formula is C17H30N2O. The third kappa shape index (κ3) is 4.80. The highest BCUT2D eigenvalue weighted by Crippen LogP contribution is 2.23. The predicted octanol–water partition coefficient (Wildman–Crippen LogP) is 3.42. The number of methoxy groups -OCH3 is 1.